The molecule has 2 aliphatic rings. The molecule has 0 spiro atoms. The van der Waals surface area contributed by atoms with Gasteiger partial charge in [-0.1, -0.05) is 18.9 Å². The van der Waals surface area contributed by atoms with E-state index in [1.807, 2.05) is 18.3 Å². The summed E-state index contributed by atoms with van der Waals surface area (Å²) in [7, 11) is 0. The molecule has 1 aromatic rings. The molecule has 2 heterocycles. The highest BCUT2D eigenvalue weighted by Crippen LogP contribution is 2.40. The second kappa shape index (κ2) is 5.29. The fourth-order valence-corrected chi connectivity index (χ4v) is 3.73. The quantitative estimate of drug-likeness (QED) is 0.906. The lowest BCUT2D eigenvalue weighted by molar-refractivity contribution is -0.142. The number of rotatable bonds is 3. The number of hydrogen-bond acceptors (Lipinski definition) is 3. The SMILES string of the molecule is O=C(O)[C@@H]1C[C@H]2CCCC[C@H]2N1Cc1cccnc1. The van der Waals surface area contributed by atoms with Gasteiger partial charge in [-0.25, -0.2) is 0 Å². The van der Waals surface area contributed by atoms with Gasteiger partial charge in [-0.3, -0.25) is 14.7 Å². The number of nitrogens with zero attached hydrogens (tertiary/aromatic N) is 2. The number of carboxylic acid groups (broad SMARTS) is 1. The summed E-state index contributed by atoms with van der Waals surface area (Å²) in [4.78, 5) is 17.8. The summed E-state index contributed by atoms with van der Waals surface area (Å²) in [6, 6.07) is 4.09. The Kier molecular flexibility index (Phi) is 3.51. The number of likely N-dealkylation sites (tertiary alicyclic amines) is 1. The van der Waals surface area contributed by atoms with Crippen molar-refractivity contribution in [1.29, 1.82) is 0 Å². The zero-order valence-corrected chi connectivity index (χ0v) is 11.0. The molecule has 0 aromatic carbocycles. The van der Waals surface area contributed by atoms with E-state index in [1.54, 1.807) is 6.20 Å². The van der Waals surface area contributed by atoms with Crippen LogP contribution in [0.25, 0.3) is 0 Å². The van der Waals surface area contributed by atoms with Crippen LogP contribution in [0.1, 0.15) is 37.7 Å². The molecule has 0 unspecified atom stereocenters. The average molecular weight is 260 g/mol. The smallest absolute Gasteiger partial charge is 0.320 e. The number of hydrogen-bond donors (Lipinski definition) is 1. The lowest BCUT2D eigenvalue weighted by Crippen LogP contribution is -2.41. The first-order valence-corrected chi connectivity index (χ1v) is 7.13. The van der Waals surface area contributed by atoms with Crippen LogP contribution in [0.15, 0.2) is 24.5 Å². The molecular formula is C15H20N2O2. The van der Waals surface area contributed by atoms with Gasteiger partial charge in [-0.05, 0) is 36.8 Å². The van der Waals surface area contributed by atoms with Crippen molar-refractivity contribution in [1.82, 2.24) is 9.88 Å². The topological polar surface area (TPSA) is 53.4 Å². The van der Waals surface area contributed by atoms with Gasteiger partial charge in [0.2, 0.25) is 0 Å². The Morgan fingerprint density at radius 1 is 1.42 bits per heavy atom. The third-order valence-corrected chi connectivity index (χ3v) is 4.59. The van der Waals surface area contributed by atoms with Gasteiger partial charge in [-0.15, -0.1) is 0 Å². The number of aromatic nitrogens is 1. The zero-order chi connectivity index (χ0) is 13.2. The maximum atomic E-state index is 11.5. The Balaban J connectivity index is 1.80. The average Bonchev–Trinajstić information content (AvgIpc) is 2.79. The van der Waals surface area contributed by atoms with Crippen LogP contribution in [0.3, 0.4) is 0 Å². The summed E-state index contributed by atoms with van der Waals surface area (Å²) in [5, 5.41) is 9.45. The van der Waals surface area contributed by atoms with Crippen LogP contribution in [0, 0.1) is 5.92 Å². The second-order valence-electron chi connectivity index (χ2n) is 5.74. The van der Waals surface area contributed by atoms with Gasteiger partial charge in [0.25, 0.3) is 0 Å². The normalized spacial score (nSPS) is 31.1. The minimum absolute atomic E-state index is 0.312. The molecule has 19 heavy (non-hydrogen) atoms. The molecule has 0 bridgehead atoms. The van der Waals surface area contributed by atoms with Gasteiger partial charge in [0.05, 0.1) is 0 Å². The third-order valence-electron chi connectivity index (χ3n) is 4.59. The molecule has 4 heteroatoms. The monoisotopic (exact) mass is 260 g/mol. The number of pyridine rings is 1. The fourth-order valence-electron chi connectivity index (χ4n) is 3.73. The van der Waals surface area contributed by atoms with Crippen LogP contribution in [0.2, 0.25) is 0 Å². The first-order valence-electron chi connectivity index (χ1n) is 7.13. The van der Waals surface area contributed by atoms with E-state index in [1.165, 1.54) is 19.3 Å². The Morgan fingerprint density at radius 3 is 3.00 bits per heavy atom. The van der Waals surface area contributed by atoms with Gasteiger partial charge in [0, 0.05) is 25.0 Å². The summed E-state index contributed by atoms with van der Waals surface area (Å²) in [5.41, 5.74) is 1.11. The molecule has 0 amide bonds. The number of carbonyl (C=O) groups is 1. The molecule has 1 aliphatic heterocycles. The van der Waals surface area contributed by atoms with Gasteiger partial charge in [0.15, 0.2) is 0 Å². The van der Waals surface area contributed by atoms with E-state index in [4.69, 9.17) is 0 Å². The first-order chi connectivity index (χ1) is 9.25. The van der Waals surface area contributed by atoms with Gasteiger partial charge in [-0.2, -0.15) is 0 Å². The summed E-state index contributed by atoms with van der Waals surface area (Å²) < 4.78 is 0. The van der Waals surface area contributed by atoms with Crippen molar-refractivity contribution in [3.8, 4) is 0 Å². The van der Waals surface area contributed by atoms with E-state index in [0.717, 1.165) is 18.4 Å². The Bertz CT molecular complexity index is 449. The number of aliphatic carboxylic acids is 1. The molecule has 1 saturated carbocycles. The van der Waals surface area contributed by atoms with Crippen LogP contribution in [-0.4, -0.2) is 33.0 Å². The zero-order valence-electron chi connectivity index (χ0n) is 11.0. The van der Waals surface area contributed by atoms with Crippen molar-refractivity contribution in [2.45, 2.75) is 50.7 Å². The molecule has 102 valence electrons. The maximum absolute atomic E-state index is 11.5. The van der Waals surface area contributed by atoms with Crippen LogP contribution in [-0.2, 0) is 11.3 Å². The van der Waals surface area contributed by atoms with E-state index < -0.39 is 5.97 Å². The van der Waals surface area contributed by atoms with Crippen LogP contribution >= 0.6 is 0 Å². The molecule has 1 saturated heterocycles. The molecule has 1 aromatic heterocycles. The van der Waals surface area contributed by atoms with Crippen molar-refractivity contribution in [3.63, 3.8) is 0 Å². The molecular weight excluding hydrogens is 240 g/mol. The van der Waals surface area contributed by atoms with Crippen molar-refractivity contribution in [2.75, 3.05) is 0 Å². The molecule has 0 radical (unpaired) electrons. The lowest BCUT2D eigenvalue weighted by Gasteiger charge is -2.32. The molecule has 1 N–H and O–H groups in total. The Hall–Kier alpha value is -1.42. The highest BCUT2D eigenvalue weighted by atomic mass is 16.4. The van der Waals surface area contributed by atoms with Crippen LogP contribution < -0.4 is 0 Å². The van der Waals surface area contributed by atoms with Crippen LogP contribution in [0.5, 0.6) is 0 Å². The highest BCUT2D eigenvalue weighted by Gasteiger charge is 2.44. The largest absolute Gasteiger partial charge is 0.480 e. The van der Waals surface area contributed by atoms with E-state index in [-0.39, 0.29) is 6.04 Å². The third kappa shape index (κ3) is 2.50. The fraction of sp³-hybridized carbons (Fsp3) is 0.600. The maximum Gasteiger partial charge on any atom is 0.320 e. The Morgan fingerprint density at radius 2 is 2.26 bits per heavy atom. The van der Waals surface area contributed by atoms with E-state index in [2.05, 4.69) is 9.88 Å². The molecule has 2 fully saturated rings. The predicted molar refractivity (Wildman–Crippen MR) is 71.6 cm³/mol. The summed E-state index contributed by atoms with van der Waals surface area (Å²) in [6.07, 6.45) is 9.25. The van der Waals surface area contributed by atoms with Gasteiger partial charge >= 0.3 is 5.97 Å². The summed E-state index contributed by atoms with van der Waals surface area (Å²) >= 11 is 0. The van der Waals surface area contributed by atoms with Gasteiger partial charge in [0.1, 0.15) is 6.04 Å². The van der Waals surface area contributed by atoms with E-state index in [9.17, 15) is 9.90 Å². The molecule has 3 atom stereocenters. The van der Waals surface area contributed by atoms with Crippen molar-refractivity contribution < 1.29 is 9.90 Å². The molecule has 3 rings (SSSR count). The highest BCUT2D eigenvalue weighted by molar-refractivity contribution is 5.74. The second-order valence-corrected chi connectivity index (χ2v) is 5.74. The van der Waals surface area contributed by atoms with Gasteiger partial charge < -0.3 is 5.11 Å². The Labute approximate surface area is 113 Å². The van der Waals surface area contributed by atoms with Crippen molar-refractivity contribution in [2.24, 2.45) is 5.92 Å². The van der Waals surface area contributed by atoms with E-state index in [0.29, 0.717) is 18.5 Å². The lowest BCUT2D eigenvalue weighted by atomic mass is 9.84. The minimum Gasteiger partial charge on any atom is -0.480 e. The van der Waals surface area contributed by atoms with Crippen LogP contribution in [0.4, 0.5) is 0 Å². The van der Waals surface area contributed by atoms with Crippen molar-refractivity contribution in [3.05, 3.63) is 30.1 Å². The van der Waals surface area contributed by atoms with Crippen molar-refractivity contribution >= 4 is 5.97 Å². The number of carboxylic acids is 1. The predicted octanol–water partition coefficient (Wildman–Crippen LogP) is 2.30. The number of fused-ring (bicyclic) bond motifs is 1. The summed E-state index contributed by atoms with van der Waals surface area (Å²) in [6.45, 7) is 0.714. The van der Waals surface area contributed by atoms with E-state index >= 15 is 0 Å². The standard InChI is InChI=1S/C15H20N2O2/c18-15(19)14-8-12-5-1-2-6-13(12)17(14)10-11-4-3-7-16-9-11/h3-4,7,9,12-14H,1-2,5-6,8,10H2,(H,18,19)/t12-,13-,14+/m1/s1. The molecule has 4 nitrogen and oxygen atoms in total. The minimum atomic E-state index is -0.668. The summed E-state index contributed by atoms with van der Waals surface area (Å²) in [5.74, 6) is -0.0928. The first kappa shape index (κ1) is 12.6. The molecule has 1 aliphatic carbocycles.